The second-order valence-corrected chi connectivity index (χ2v) is 5.26. The third-order valence-electron chi connectivity index (χ3n) is 3.66. The summed E-state index contributed by atoms with van der Waals surface area (Å²) in [5.41, 5.74) is 4.70. The zero-order chi connectivity index (χ0) is 15.8. The van der Waals surface area contributed by atoms with Crippen molar-refractivity contribution in [1.29, 1.82) is 0 Å². The first kappa shape index (κ1) is 16.0. The highest BCUT2D eigenvalue weighted by Gasteiger charge is 1.93. The van der Waals surface area contributed by atoms with E-state index in [1.165, 1.54) is 11.1 Å². The molecule has 0 spiro atoms. The van der Waals surface area contributed by atoms with E-state index in [-0.39, 0.29) is 5.78 Å². The van der Waals surface area contributed by atoms with Crippen molar-refractivity contribution in [2.24, 2.45) is 0 Å². The predicted molar refractivity (Wildman–Crippen MR) is 94.7 cm³/mol. The van der Waals surface area contributed by atoms with E-state index in [0.717, 1.165) is 24.0 Å². The second kappa shape index (κ2) is 8.14. The van der Waals surface area contributed by atoms with Crippen molar-refractivity contribution in [3.63, 3.8) is 0 Å². The minimum absolute atomic E-state index is 0.000800. The Kier molecular flexibility index (Phi) is 5.91. The maximum atomic E-state index is 11.9. The van der Waals surface area contributed by atoms with Gasteiger partial charge in [-0.25, -0.2) is 0 Å². The van der Waals surface area contributed by atoms with Crippen LogP contribution in [0.1, 0.15) is 36.1 Å². The quantitative estimate of drug-likeness (QED) is 0.676. The normalized spacial score (nSPS) is 11.4. The van der Waals surface area contributed by atoms with E-state index in [1.54, 1.807) is 12.2 Å². The third kappa shape index (κ3) is 4.85. The van der Waals surface area contributed by atoms with Crippen LogP contribution in [-0.2, 0) is 17.6 Å². The average molecular weight is 290 g/mol. The highest BCUT2D eigenvalue weighted by molar-refractivity contribution is 6.04. The molecule has 0 aliphatic heterocycles. The lowest BCUT2D eigenvalue weighted by Crippen LogP contribution is -1.86. The number of hydrogen-bond acceptors (Lipinski definition) is 1. The molecule has 0 aromatic heterocycles. The Morgan fingerprint density at radius 2 is 1.09 bits per heavy atom. The molecule has 0 heterocycles. The predicted octanol–water partition coefficient (Wildman–Crippen LogP) is 5.11. The van der Waals surface area contributed by atoms with Gasteiger partial charge >= 0.3 is 0 Å². The minimum Gasteiger partial charge on any atom is -0.290 e. The zero-order valence-corrected chi connectivity index (χ0v) is 13.3. The number of aryl methyl sites for hydroxylation is 2. The van der Waals surface area contributed by atoms with Crippen molar-refractivity contribution in [2.45, 2.75) is 26.7 Å². The van der Waals surface area contributed by atoms with Gasteiger partial charge in [-0.2, -0.15) is 0 Å². The van der Waals surface area contributed by atoms with Gasteiger partial charge in [0.25, 0.3) is 0 Å². The average Bonchev–Trinajstić information content (AvgIpc) is 2.59. The Balaban J connectivity index is 1.95. The van der Waals surface area contributed by atoms with E-state index in [9.17, 15) is 4.79 Å². The van der Waals surface area contributed by atoms with Gasteiger partial charge < -0.3 is 0 Å². The monoisotopic (exact) mass is 290 g/mol. The highest BCUT2D eigenvalue weighted by atomic mass is 16.1. The van der Waals surface area contributed by atoms with Crippen molar-refractivity contribution in [2.75, 3.05) is 0 Å². The molecule has 0 N–H and O–H groups in total. The Hall–Kier alpha value is -2.41. The summed E-state index contributed by atoms with van der Waals surface area (Å²) >= 11 is 0. The van der Waals surface area contributed by atoms with Crippen LogP contribution in [0.25, 0.3) is 12.2 Å². The van der Waals surface area contributed by atoms with Crippen LogP contribution >= 0.6 is 0 Å². The molecule has 0 aliphatic carbocycles. The largest absolute Gasteiger partial charge is 0.290 e. The Morgan fingerprint density at radius 3 is 1.41 bits per heavy atom. The van der Waals surface area contributed by atoms with Crippen LogP contribution in [0.5, 0.6) is 0 Å². The molecule has 0 atom stereocenters. The van der Waals surface area contributed by atoms with Gasteiger partial charge in [0, 0.05) is 0 Å². The van der Waals surface area contributed by atoms with Crippen LogP contribution in [0, 0.1) is 0 Å². The number of benzene rings is 2. The number of allylic oxidation sites excluding steroid dienone is 2. The van der Waals surface area contributed by atoms with Crippen LogP contribution in [0.15, 0.2) is 60.7 Å². The molecular weight excluding hydrogens is 268 g/mol. The molecular formula is C21H22O. The molecule has 0 saturated heterocycles. The molecule has 22 heavy (non-hydrogen) atoms. The molecule has 112 valence electrons. The van der Waals surface area contributed by atoms with Gasteiger partial charge in [0.05, 0.1) is 0 Å². The molecule has 1 heteroatoms. The smallest absolute Gasteiger partial charge is 0.178 e. The van der Waals surface area contributed by atoms with Gasteiger partial charge in [-0.05, 0) is 47.2 Å². The van der Waals surface area contributed by atoms with E-state index in [0.29, 0.717) is 0 Å². The first-order chi connectivity index (χ1) is 10.7. The first-order valence-corrected chi connectivity index (χ1v) is 7.79. The van der Waals surface area contributed by atoms with Crippen LogP contribution in [0.4, 0.5) is 0 Å². The standard InChI is InChI=1S/C21H22O/c1-3-17-5-9-19(10-6-17)13-15-21(22)16-14-20-11-7-18(4-2)8-12-20/h5-16H,3-4H2,1-2H3/b15-13+,16-14+. The summed E-state index contributed by atoms with van der Waals surface area (Å²) in [6, 6.07) is 16.5. The summed E-state index contributed by atoms with van der Waals surface area (Å²) < 4.78 is 0. The number of carbonyl (C=O) groups excluding carboxylic acids is 1. The fourth-order valence-corrected chi connectivity index (χ4v) is 2.14. The molecule has 0 radical (unpaired) electrons. The second-order valence-electron chi connectivity index (χ2n) is 5.26. The van der Waals surface area contributed by atoms with E-state index >= 15 is 0 Å². The summed E-state index contributed by atoms with van der Waals surface area (Å²) in [6.07, 6.45) is 8.99. The summed E-state index contributed by atoms with van der Waals surface area (Å²) in [5, 5.41) is 0. The molecule has 0 saturated carbocycles. The lowest BCUT2D eigenvalue weighted by Gasteiger charge is -1.97. The minimum atomic E-state index is -0.000800. The SMILES string of the molecule is CCc1ccc(/C=C/C(=O)/C=C/c2ccc(CC)cc2)cc1. The van der Waals surface area contributed by atoms with Crippen LogP contribution in [-0.4, -0.2) is 5.78 Å². The fraction of sp³-hybridized carbons (Fsp3) is 0.190. The van der Waals surface area contributed by atoms with Crippen molar-refractivity contribution >= 4 is 17.9 Å². The molecule has 0 amide bonds. The molecule has 0 fully saturated rings. The van der Waals surface area contributed by atoms with Gasteiger partial charge in [0.1, 0.15) is 0 Å². The number of rotatable bonds is 6. The van der Waals surface area contributed by atoms with Crippen molar-refractivity contribution in [1.82, 2.24) is 0 Å². The number of hydrogen-bond donors (Lipinski definition) is 0. The lowest BCUT2D eigenvalue weighted by molar-refractivity contribution is -0.110. The number of carbonyl (C=O) groups is 1. The lowest BCUT2D eigenvalue weighted by atomic mass is 10.1. The molecule has 2 aromatic rings. The van der Waals surface area contributed by atoms with E-state index in [4.69, 9.17) is 0 Å². The van der Waals surface area contributed by atoms with E-state index < -0.39 is 0 Å². The van der Waals surface area contributed by atoms with Crippen LogP contribution in [0.3, 0.4) is 0 Å². The Morgan fingerprint density at radius 1 is 0.727 bits per heavy atom. The van der Waals surface area contributed by atoms with E-state index in [1.807, 2.05) is 36.4 Å². The molecule has 0 aliphatic rings. The zero-order valence-electron chi connectivity index (χ0n) is 13.3. The molecule has 0 bridgehead atoms. The van der Waals surface area contributed by atoms with E-state index in [2.05, 4.69) is 38.1 Å². The summed E-state index contributed by atoms with van der Waals surface area (Å²) in [6.45, 7) is 4.26. The molecule has 0 unspecified atom stereocenters. The summed E-state index contributed by atoms with van der Waals surface area (Å²) in [5.74, 6) is -0.000800. The molecule has 2 rings (SSSR count). The molecule has 1 nitrogen and oxygen atoms in total. The van der Waals surface area contributed by atoms with Gasteiger partial charge in [-0.3, -0.25) is 4.79 Å². The Labute approximate surface area is 133 Å². The van der Waals surface area contributed by atoms with Gasteiger partial charge in [-0.15, -0.1) is 0 Å². The fourth-order valence-electron chi connectivity index (χ4n) is 2.14. The van der Waals surface area contributed by atoms with Crippen molar-refractivity contribution in [3.05, 3.63) is 82.9 Å². The topological polar surface area (TPSA) is 17.1 Å². The highest BCUT2D eigenvalue weighted by Crippen LogP contribution is 2.08. The van der Waals surface area contributed by atoms with Gasteiger partial charge in [0.15, 0.2) is 5.78 Å². The maximum absolute atomic E-state index is 11.9. The summed E-state index contributed by atoms with van der Waals surface area (Å²) in [7, 11) is 0. The summed E-state index contributed by atoms with van der Waals surface area (Å²) in [4.78, 5) is 11.9. The van der Waals surface area contributed by atoms with Gasteiger partial charge in [0.2, 0.25) is 0 Å². The van der Waals surface area contributed by atoms with Crippen LogP contribution < -0.4 is 0 Å². The van der Waals surface area contributed by atoms with Crippen molar-refractivity contribution in [3.8, 4) is 0 Å². The van der Waals surface area contributed by atoms with Crippen molar-refractivity contribution < 1.29 is 4.79 Å². The number of ketones is 1. The third-order valence-corrected chi connectivity index (χ3v) is 3.66. The Bertz CT molecular complexity index is 599. The molecule has 2 aromatic carbocycles. The van der Waals surface area contributed by atoms with Crippen LogP contribution in [0.2, 0.25) is 0 Å². The van der Waals surface area contributed by atoms with Gasteiger partial charge in [-0.1, -0.05) is 74.5 Å². The first-order valence-electron chi connectivity index (χ1n) is 7.79. The maximum Gasteiger partial charge on any atom is 0.178 e.